The van der Waals surface area contributed by atoms with Crippen LogP contribution in [0.3, 0.4) is 0 Å². The fraction of sp³-hybridized carbons (Fsp3) is 0.333. The summed E-state index contributed by atoms with van der Waals surface area (Å²) in [5.41, 5.74) is 0.843. The minimum Gasteiger partial charge on any atom is -0.496 e. The molecule has 0 unspecified atom stereocenters. The number of morpholine rings is 1. The van der Waals surface area contributed by atoms with Gasteiger partial charge in [-0.2, -0.15) is 4.31 Å². The summed E-state index contributed by atoms with van der Waals surface area (Å²) in [6.45, 7) is 1.29. The van der Waals surface area contributed by atoms with Crippen molar-refractivity contribution in [3.05, 3.63) is 58.1 Å². The molecule has 0 radical (unpaired) electrons. The Balaban J connectivity index is 1.95. The first kappa shape index (κ1) is 20.1. The first-order chi connectivity index (χ1) is 13.4. The highest BCUT2D eigenvalue weighted by Gasteiger charge is 2.30. The van der Waals surface area contributed by atoms with Gasteiger partial charge in [0.15, 0.2) is 0 Å². The predicted molar refractivity (Wildman–Crippen MR) is 103 cm³/mol. The van der Waals surface area contributed by atoms with Crippen molar-refractivity contribution < 1.29 is 22.8 Å². The second-order valence-electron chi connectivity index (χ2n) is 6.12. The highest BCUT2D eigenvalue weighted by atomic mass is 32.2. The van der Waals surface area contributed by atoms with Crippen molar-refractivity contribution in [1.29, 1.82) is 0 Å². The summed E-state index contributed by atoms with van der Waals surface area (Å²) in [6, 6.07) is 11.1. The minimum atomic E-state index is -3.91. The lowest BCUT2D eigenvalue weighted by Gasteiger charge is -2.27. The zero-order valence-electron chi connectivity index (χ0n) is 15.3. The monoisotopic (exact) mass is 407 g/mol. The Morgan fingerprint density at radius 3 is 2.61 bits per heavy atom. The highest BCUT2D eigenvalue weighted by Crippen LogP contribution is 2.30. The molecule has 150 valence electrons. The number of benzene rings is 2. The van der Waals surface area contributed by atoms with Gasteiger partial charge in [-0.3, -0.25) is 10.1 Å². The van der Waals surface area contributed by atoms with Gasteiger partial charge in [-0.1, -0.05) is 18.2 Å². The summed E-state index contributed by atoms with van der Waals surface area (Å²) in [5, 5.41) is 14.2. The third kappa shape index (κ3) is 4.24. The maximum atomic E-state index is 13.1. The largest absolute Gasteiger partial charge is 0.496 e. The first-order valence-corrected chi connectivity index (χ1v) is 10.1. The van der Waals surface area contributed by atoms with Gasteiger partial charge < -0.3 is 14.8 Å². The van der Waals surface area contributed by atoms with Gasteiger partial charge in [0.05, 0.1) is 30.9 Å². The van der Waals surface area contributed by atoms with Crippen LogP contribution < -0.4 is 10.1 Å². The van der Waals surface area contributed by atoms with Gasteiger partial charge in [0, 0.05) is 37.3 Å². The fourth-order valence-electron chi connectivity index (χ4n) is 2.95. The maximum Gasteiger partial charge on any atom is 0.270 e. The van der Waals surface area contributed by atoms with Crippen molar-refractivity contribution in [3.63, 3.8) is 0 Å². The standard InChI is InChI=1S/C18H21N3O6S/c1-26-17-5-3-2-4-14(17)13-19-16-7-6-15(21(22)23)12-18(16)28(24,25)20-8-10-27-11-9-20/h2-7,12,19H,8-11,13H2,1H3. The van der Waals surface area contributed by atoms with E-state index in [1.807, 2.05) is 18.2 Å². The van der Waals surface area contributed by atoms with Gasteiger partial charge >= 0.3 is 0 Å². The number of methoxy groups -OCH3 is 1. The van der Waals surface area contributed by atoms with Crippen LogP contribution in [0.1, 0.15) is 5.56 Å². The summed E-state index contributed by atoms with van der Waals surface area (Å²) in [7, 11) is -2.36. The minimum absolute atomic E-state index is 0.126. The molecule has 0 aliphatic carbocycles. The Morgan fingerprint density at radius 2 is 1.93 bits per heavy atom. The number of rotatable bonds is 7. The molecule has 1 fully saturated rings. The molecule has 0 saturated carbocycles. The van der Waals surface area contributed by atoms with E-state index >= 15 is 0 Å². The van der Waals surface area contributed by atoms with E-state index < -0.39 is 14.9 Å². The maximum absolute atomic E-state index is 13.1. The van der Waals surface area contributed by atoms with E-state index in [2.05, 4.69) is 5.32 Å². The van der Waals surface area contributed by atoms with Crippen molar-refractivity contribution in [2.45, 2.75) is 11.4 Å². The number of nitro groups is 1. The normalized spacial score (nSPS) is 15.2. The van der Waals surface area contributed by atoms with Crippen LogP contribution in [0.15, 0.2) is 47.4 Å². The highest BCUT2D eigenvalue weighted by molar-refractivity contribution is 7.89. The average Bonchev–Trinajstić information content (AvgIpc) is 2.72. The molecule has 1 aliphatic rings. The van der Waals surface area contributed by atoms with E-state index in [1.165, 1.54) is 16.4 Å². The summed E-state index contributed by atoms with van der Waals surface area (Å²) in [5.74, 6) is 0.662. The predicted octanol–water partition coefficient (Wildman–Crippen LogP) is 2.24. The van der Waals surface area contributed by atoms with Crippen LogP contribution in [0.2, 0.25) is 0 Å². The lowest BCUT2D eigenvalue weighted by atomic mass is 10.2. The van der Waals surface area contributed by atoms with Crippen LogP contribution >= 0.6 is 0 Å². The average molecular weight is 407 g/mol. The van der Waals surface area contributed by atoms with Gasteiger partial charge in [0.1, 0.15) is 10.6 Å². The molecule has 0 bridgehead atoms. The Kier molecular flexibility index (Phi) is 6.12. The lowest BCUT2D eigenvalue weighted by molar-refractivity contribution is -0.385. The number of nitro benzene ring substituents is 1. The molecule has 0 atom stereocenters. The molecule has 2 aromatic carbocycles. The third-order valence-electron chi connectivity index (χ3n) is 4.43. The van der Waals surface area contributed by atoms with E-state index in [4.69, 9.17) is 9.47 Å². The van der Waals surface area contributed by atoms with Gasteiger partial charge in [0.25, 0.3) is 5.69 Å². The number of para-hydroxylation sites is 1. The molecular weight excluding hydrogens is 386 g/mol. The lowest BCUT2D eigenvalue weighted by Crippen LogP contribution is -2.40. The van der Waals surface area contributed by atoms with Gasteiger partial charge in [0.2, 0.25) is 10.0 Å². The number of anilines is 1. The zero-order chi connectivity index (χ0) is 20.1. The fourth-order valence-corrected chi connectivity index (χ4v) is 4.55. The van der Waals surface area contributed by atoms with Crippen LogP contribution in [0.25, 0.3) is 0 Å². The van der Waals surface area contributed by atoms with E-state index in [0.717, 1.165) is 11.6 Å². The summed E-state index contributed by atoms with van der Waals surface area (Å²) in [6.07, 6.45) is 0. The van der Waals surface area contributed by atoms with Crippen molar-refractivity contribution >= 4 is 21.4 Å². The molecule has 0 amide bonds. The smallest absolute Gasteiger partial charge is 0.270 e. The molecule has 3 rings (SSSR count). The molecular formula is C18H21N3O6S. The van der Waals surface area contributed by atoms with Gasteiger partial charge in [-0.05, 0) is 12.1 Å². The number of non-ortho nitro benzene ring substituents is 1. The van der Waals surface area contributed by atoms with Crippen LogP contribution in [-0.4, -0.2) is 51.1 Å². The van der Waals surface area contributed by atoms with Crippen molar-refractivity contribution in [3.8, 4) is 5.75 Å². The number of nitrogens with zero attached hydrogens (tertiary/aromatic N) is 2. The number of sulfonamides is 1. The van der Waals surface area contributed by atoms with E-state index in [9.17, 15) is 18.5 Å². The first-order valence-electron chi connectivity index (χ1n) is 8.65. The Labute approximate surface area is 163 Å². The quantitative estimate of drug-likeness (QED) is 0.553. The SMILES string of the molecule is COc1ccccc1CNc1ccc([N+](=O)[O-])cc1S(=O)(=O)N1CCOCC1. The number of nitrogens with one attached hydrogen (secondary N) is 1. The van der Waals surface area contributed by atoms with Crippen LogP contribution in [-0.2, 0) is 21.3 Å². The van der Waals surface area contributed by atoms with Crippen LogP contribution in [0.4, 0.5) is 11.4 Å². The molecule has 1 N–H and O–H groups in total. The van der Waals surface area contributed by atoms with Crippen LogP contribution in [0, 0.1) is 10.1 Å². The summed E-state index contributed by atoms with van der Waals surface area (Å²) >= 11 is 0. The number of hydrogen-bond donors (Lipinski definition) is 1. The number of ether oxygens (including phenoxy) is 2. The second-order valence-corrected chi connectivity index (χ2v) is 8.03. The van der Waals surface area contributed by atoms with Gasteiger partial charge in [-0.15, -0.1) is 0 Å². The number of hydrogen-bond acceptors (Lipinski definition) is 7. The molecule has 1 saturated heterocycles. The molecule has 10 heteroatoms. The van der Waals surface area contributed by atoms with E-state index in [1.54, 1.807) is 13.2 Å². The molecule has 0 spiro atoms. The second kappa shape index (κ2) is 8.55. The molecule has 0 aromatic heterocycles. The van der Waals surface area contributed by atoms with Crippen molar-refractivity contribution in [2.24, 2.45) is 0 Å². The molecule has 9 nitrogen and oxygen atoms in total. The third-order valence-corrected chi connectivity index (χ3v) is 6.36. The van der Waals surface area contributed by atoms with E-state index in [0.29, 0.717) is 18.0 Å². The Bertz CT molecular complexity index is 958. The van der Waals surface area contributed by atoms with Crippen molar-refractivity contribution in [2.75, 3.05) is 38.7 Å². The molecule has 1 heterocycles. The molecule has 1 aliphatic heterocycles. The molecule has 28 heavy (non-hydrogen) atoms. The summed E-state index contributed by atoms with van der Waals surface area (Å²) < 4.78 is 38.0. The van der Waals surface area contributed by atoms with E-state index in [-0.39, 0.29) is 36.9 Å². The van der Waals surface area contributed by atoms with Crippen molar-refractivity contribution in [1.82, 2.24) is 4.31 Å². The zero-order valence-corrected chi connectivity index (χ0v) is 16.1. The van der Waals surface area contributed by atoms with Crippen LogP contribution in [0.5, 0.6) is 5.75 Å². The Hall–Kier alpha value is -2.69. The van der Waals surface area contributed by atoms with Gasteiger partial charge in [-0.25, -0.2) is 8.42 Å². The Morgan fingerprint density at radius 1 is 1.21 bits per heavy atom. The summed E-state index contributed by atoms with van der Waals surface area (Å²) in [4.78, 5) is 10.4. The topological polar surface area (TPSA) is 111 Å². The molecule has 2 aromatic rings.